The van der Waals surface area contributed by atoms with Crippen molar-refractivity contribution in [2.45, 2.75) is 32.7 Å². The van der Waals surface area contributed by atoms with Crippen molar-refractivity contribution in [3.05, 3.63) is 47.8 Å². The second kappa shape index (κ2) is 7.40. The van der Waals surface area contributed by atoms with Crippen LogP contribution in [-0.4, -0.2) is 43.5 Å². The lowest BCUT2D eigenvalue weighted by molar-refractivity contribution is -0.118. The van der Waals surface area contributed by atoms with Gasteiger partial charge in [0.15, 0.2) is 0 Å². The molecule has 1 aromatic carbocycles. The van der Waals surface area contributed by atoms with Crippen molar-refractivity contribution in [1.82, 2.24) is 9.29 Å². The number of anilines is 1. The van der Waals surface area contributed by atoms with E-state index < -0.39 is 10.0 Å². The van der Waals surface area contributed by atoms with E-state index in [1.165, 1.54) is 4.31 Å². The Bertz CT molecular complexity index is 972. The molecular weight excluding hydrogens is 362 g/mol. The lowest BCUT2D eigenvalue weighted by atomic mass is 9.96. The Kier molecular flexibility index (Phi) is 5.35. The van der Waals surface area contributed by atoms with E-state index in [4.69, 9.17) is 0 Å². The molecule has 1 atom stereocenters. The summed E-state index contributed by atoms with van der Waals surface area (Å²) in [6.45, 7) is 3.50. The van der Waals surface area contributed by atoms with E-state index >= 15 is 0 Å². The number of pyridine rings is 1. The zero-order valence-corrected chi connectivity index (χ0v) is 17.0. The molecule has 1 aromatic heterocycles. The Hall–Kier alpha value is -2.25. The number of hydrogen-bond acceptors (Lipinski definition) is 4. The molecule has 0 spiro atoms. The number of aryl methyl sites for hydroxylation is 1. The Morgan fingerprint density at radius 1 is 1.19 bits per heavy atom. The van der Waals surface area contributed by atoms with E-state index in [9.17, 15) is 13.2 Å². The van der Waals surface area contributed by atoms with E-state index in [0.29, 0.717) is 6.42 Å². The molecule has 0 saturated carbocycles. The first-order chi connectivity index (χ1) is 12.7. The number of aromatic nitrogens is 1. The summed E-state index contributed by atoms with van der Waals surface area (Å²) in [7, 11) is 0.120. The first-order valence-corrected chi connectivity index (χ1v) is 10.7. The minimum absolute atomic E-state index is 0.0675. The van der Waals surface area contributed by atoms with Gasteiger partial charge in [-0.3, -0.25) is 9.78 Å². The van der Waals surface area contributed by atoms with Crippen LogP contribution < -0.4 is 4.90 Å². The molecule has 0 saturated heterocycles. The van der Waals surface area contributed by atoms with Crippen LogP contribution in [0, 0.1) is 0 Å². The van der Waals surface area contributed by atoms with Crippen LogP contribution >= 0.6 is 0 Å². The molecule has 27 heavy (non-hydrogen) atoms. The van der Waals surface area contributed by atoms with Crippen LogP contribution in [0.2, 0.25) is 0 Å². The molecule has 1 amide bonds. The molecule has 2 heterocycles. The number of carbonyl (C=O) groups is 1. The fourth-order valence-corrected chi connectivity index (χ4v) is 4.35. The topological polar surface area (TPSA) is 70.6 Å². The van der Waals surface area contributed by atoms with Crippen LogP contribution in [-0.2, 0) is 21.2 Å². The van der Waals surface area contributed by atoms with Crippen molar-refractivity contribution in [3.8, 4) is 11.1 Å². The smallest absolute Gasteiger partial charge is 0.227 e. The highest BCUT2D eigenvalue weighted by molar-refractivity contribution is 7.89. The van der Waals surface area contributed by atoms with E-state index in [-0.39, 0.29) is 17.7 Å². The summed E-state index contributed by atoms with van der Waals surface area (Å²) in [6, 6.07) is 7.72. The Morgan fingerprint density at radius 3 is 2.63 bits per heavy atom. The third kappa shape index (κ3) is 3.75. The van der Waals surface area contributed by atoms with Crippen molar-refractivity contribution in [2.24, 2.45) is 0 Å². The van der Waals surface area contributed by atoms with Gasteiger partial charge in [0.05, 0.1) is 5.75 Å². The summed E-state index contributed by atoms with van der Waals surface area (Å²) in [6.07, 6.45) is 4.74. The van der Waals surface area contributed by atoms with Crippen LogP contribution in [0.1, 0.15) is 37.4 Å². The van der Waals surface area contributed by atoms with Gasteiger partial charge in [-0.25, -0.2) is 8.42 Å². The molecular formula is C20H25N3O3S. The fourth-order valence-electron chi connectivity index (χ4n) is 3.33. The minimum atomic E-state index is -3.28. The highest BCUT2D eigenvalue weighted by atomic mass is 32.2. The zero-order valence-electron chi connectivity index (χ0n) is 16.1. The Balaban J connectivity index is 1.94. The number of carbonyl (C=O) groups excluding carboxylic acids is 1. The number of nitrogens with zero attached hydrogens (tertiary/aromatic N) is 3. The summed E-state index contributed by atoms with van der Waals surface area (Å²) in [4.78, 5) is 17.9. The molecule has 6 nitrogen and oxygen atoms in total. The number of amides is 1. The number of benzene rings is 1. The van der Waals surface area contributed by atoms with Gasteiger partial charge in [0, 0.05) is 50.2 Å². The number of hydrogen-bond donors (Lipinski definition) is 0. The summed E-state index contributed by atoms with van der Waals surface area (Å²) in [5.74, 6) is 0.200. The third-order valence-corrected chi connectivity index (χ3v) is 7.27. The molecule has 0 radical (unpaired) electrons. The van der Waals surface area contributed by atoms with Crippen LogP contribution in [0.4, 0.5) is 5.69 Å². The van der Waals surface area contributed by atoms with Crippen molar-refractivity contribution in [2.75, 3.05) is 24.7 Å². The summed E-state index contributed by atoms with van der Waals surface area (Å²) in [5.41, 5.74) is 4.88. The predicted molar refractivity (Wildman–Crippen MR) is 107 cm³/mol. The first-order valence-electron chi connectivity index (χ1n) is 9.05. The highest BCUT2D eigenvalue weighted by Gasteiger charge is 2.24. The van der Waals surface area contributed by atoms with Crippen LogP contribution in [0.15, 0.2) is 36.7 Å². The average Bonchev–Trinajstić information content (AvgIpc) is 2.69. The standard InChI is InChI=1S/C20H25N3O3S/c1-5-27(25,26)23(4)14(2)17-11-18(13-21-12-17)15-6-8-19-16(10-15)7-9-20(24)22(19)3/h6,8,10-14H,5,7,9H2,1-4H3/t14-/m1/s1. The number of sulfonamides is 1. The first kappa shape index (κ1) is 19.5. The summed E-state index contributed by atoms with van der Waals surface area (Å²) in [5, 5.41) is 0. The molecule has 0 N–H and O–H groups in total. The van der Waals surface area contributed by atoms with E-state index in [2.05, 4.69) is 11.1 Å². The maximum Gasteiger partial charge on any atom is 0.227 e. The van der Waals surface area contributed by atoms with Crippen molar-refractivity contribution in [3.63, 3.8) is 0 Å². The molecule has 0 unspecified atom stereocenters. The summed E-state index contributed by atoms with van der Waals surface area (Å²) >= 11 is 0. The summed E-state index contributed by atoms with van der Waals surface area (Å²) < 4.78 is 25.7. The Morgan fingerprint density at radius 2 is 1.93 bits per heavy atom. The van der Waals surface area contributed by atoms with Crippen molar-refractivity contribution < 1.29 is 13.2 Å². The predicted octanol–water partition coefficient (Wildman–Crippen LogP) is 3.00. The normalized spacial score (nSPS) is 15.7. The van der Waals surface area contributed by atoms with Gasteiger partial charge < -0.3 is 4.90 Å². The maximum absolute atomic E-state index is 12.2. The molecule has 144 valence electrons. The van der Waals surface area contributed by atoms with Crippen LogP contribution in [0.5, 0.6) is 0 Å². The molecule has 2 aromatic rings. The van der Waals surface area contributed by atoms with E-state index in [1.54, 1.807) is 38.3 Å². The SMILES string of the molecule is CCS(=O)(=O)N(C)[C@H](C)c1cncc(-c2ccc3c(c2)CCC(=O)N3C)c1. The average molecular weight is 388 g/mol. The molecule has 7 heteroatoms. The molecule has 0 fully saturated rings. The number of fused-ring (bicyclic) bond motifs is 1. The van der Waals surface area contributed by atoms with Crippen LogP contribution in [0.3, 0.4) is 0 Å². The quantitative estimate of drug-likeness (QED) is 0.791. The van der Waals surface area contributed by atoms with Gasteiger partial charge in [0.25, 0.3) is 0 Å². The fraction of sp³-hybridized carbons (Fsp3) is 0.400. The second-order valence-corrected chi connectivity index (χ2v) is 9.21. The van der Waals surface area contributed by atoms with Gasteiger partial charge in [0.1, 0.15) is 0 Å². The number of rotatable bonds is 5. The van der Waals surface area contributed by atoms with Gasteiger partial charge >= 0.3 is 0 Å². The highest BCUT2D eigenvalue weighted by Crippen LogP contribution is 2.32. The maximum atomic E-state index is 12.2. The lowest BCUT2D eigenvalue weighted by Gasteiger charge is -2.26. The minimum Gasteiger partial charge on any atom is -0.315 e. The lowest BCUT2D eigenvalue weighted by Crippen LogP contribution is -2.31. The Labute approximate surface area is 160 Å². The van der Waals surface area contributed by atoms with E-state index in [0.717, 1.165) is 34.4 Å². The van der Waals surface area contributed by atoms with Crippen molar-refractivity contribution >= 4 is 21.6 Å². The van der Waals surface area contributed by atoms with Gasteiger partial charge in [-0.05, 0) is 55.2 Å². The largest absolute Gasteiger partial charge is 0.315 e. The van der Waals surface area contributed by atoms with Gasteiger partial charge in [0.2, 0.25) is 15.9 Å². The van der Waals surface area contributed by atoms with Gasteiger partial charge in [-0.2, -0.15) is 4.31 Å². The molecule has 3 rings (SSSR count). The molecule has 1 aliphatic rings. The molecule has 0 aliphatic carbocycles. The van der Waals surface area contributed by atoms with Gasteiger partial charge in [-0.15, -0.1) is 0 Å². The molecule has 0 bridgehead atoms. The monoisotopic (exact) mass is 387 g/mol. The third-order valence-electron chi connectivity index (χ3n) is 5.35. The van der Waals surface area contributed by atoms with E-state index in [1.807, 2.05) is 25.1 Å². The second-order valence-electron chi connectivity index (χ2n) is 6.90. The van der Waals surface area contributed by atoms with Gasteiger partial charge in [-0.1, -0.05) is 6.07 Å². The van der Waals surface area contributed by atoms with Crippen molar-refractivity contribution in [1.29, 1.82) is 0 Å². The zero-order chi connectivity index (χ0) is 19.8. The molecule has 1 aliphatic heterocycles. The van der Waals surface area contributed by atoms with Crippen LogP contribution in [0.25, 0.3) is 11.1 Å².